The van der Waals surface area contributed by atoms with Gasteiger partial charge in [0.15, 0.2) is 11.5 Å². The summed E-state index contributed by atoms with van der Waals surface area (Å²) in [5, 5.41) is 15.1. The molecule has 1 aliphatic rings. The molecule has 0 atom stereocenters. The highest BCUT2D eigenvalue weighted by Gasteiger charge is 2.16. The number of hydrogen-bond donors (Lipinski definition) is 1. The number of methoxy groups -OCH3 is 1. The minimum atomic E-state index is -0.183. The highest BCUT2D eigenvalue weighted by atomic mass is 32.2. The summed E-state index contributed by atoms with van der Waals surface area (Å²) in [7, 11) is 1.59. The van der Waals surface area contributed by atoms with Crippen molar-refractivity contribution in [3.05, 3.63) is 42.0 Å². The van der Waals surface area contributed by atoms with Crippen molar-refractivity contribution in [1.29, 1.82) is 0 Å². The Morgan fingerprint density at radius 1 is 1.21 bits per heavy atom. The van der Waals surface area contributed by atoms with Gasteiger partial charge in [0, 0.05) is 11.8 Å². The Morgan fingerprint density at radius 2 is 2.03 bits per heavy atom. The SMILES string of the molecule is COc1ccc(C)cc1-n1nnnc1SCC(=O)Nc1ccc2c(c1)OCCO2. The van der Waals surface area contributed by atoms with Crippen molar-refractivity contribution in [2.45, 2.75) is 12.1 Å². The third-order valence-corrected chi connectivity index (χ3v) is 5.08. The van der Waals surface area contributed by atoms with Gasteiger partial charge in [0.05, 0.1) is 12.9 Å². The summed E-state index contributed by atoms with van der Waals surface area (Å²) < 4.78 is 18.0. The Kier molecular flexibility index (Phi) is 5.52. The number of aromatic nitrogens is 4. The number of amides is 1. The summed E-state index contributed by atoms with van der Waals surface area (Å²) in [6.45, 7) is 2.99. The van der Waals surface area contributed by atoms with Crippen LogP contribution in [-0.4, -0.2) is 52.2 Å². The molecule has 1 N–H and O–H groups in total. The number of carbonyl (C=O) groups excluding carboxylic acids is 1. The lowest BCUT2D eigenvalue weighted by Crippen LogP contribution is -2.17. The topological polar surface area (TPSA) is 100 Å². The van der Waals surface area contributed by atoms with Gasteiger partial charge in [-0.05, 0) is 47.2 Å². The van der Waals surface area contributed by atoms with Gasteiger partial charge in [0.25, 0.3) is 0 Å². The molecule has 10 heteroatoms. The summed E-state index contributed by atoms with van der Waals surface area (Å²) in [5.74, 6) is 1.90. The summed E-state index contributed by atoms with van der Waals surface area (Å²) in [5.41, 5.74) is 2.40. The Bertz CT molecular complexity index is 1040. The van der Waals surface area contributed by atoms with Crippen molar-refractivity contribution in [1.82, 2.24) is 20.2 Å². The lowest BCUT2D eigenvalue weighted by Gasteiger charge is -2.19. The van der Waals surface area contributed by atoms with E-state index >= 15 is 0 Å². The molecule has 0 bridgehead atoms. The van der Waals surface area contributed by atoms with E-state index in [9.17, 15) is 4.79 Å². The lowest BCUT2D eigenvalue weighted by molar-refractivity contribution is -0.113. The average molecular weight is 413 g/mol. The van der Waals surface area contributed by atoms with Crippen LogP contribution in [0, 0.1) is 6.92 Å². The molecule has 29 heavy (non-hydrogen) atoms. The second-order valence-electron chi connectivity index (χ2n) is 6.24. The van der Waals surface area contributed by atoms with Crippen molar-refractivity contribution >= 4 is 23.4 Å². The van der Waals surface area contributed by atoms with E-state index in [-0.39, 0.29) is 11.7 Å². The molecule has 0 unspecified atom stereocenters. The predicted molar refractivity (Wildman–Crippen MR) is 107 cm³/mol. The maximum atomic E-state index is 12.4. The van der Waals surface area contributed by atoms with Crippen molar-refractivity contribution < 1.29 is 19.0 Å². The minimum Gasteiger partial charge on any atom is -0.494 e. The molecule has 0 spiro atoms. The van der Waals surface area contributed by atoms with Gasteiger partial charge < -0.3 is 19.5 Å². The van der Waals surface area contributed by atoms with E-state index in [0.29, 0.717) is 47.0 Å². The fraction of sp³-hybridized carbons (Fsp3) is 0.263. The first-order chi connectivity index (χ1) is 14.1. The highest BCUT2D eigenvalue weighted by molar-refractivity contribution is 7.99. The standard InChI is InChI=1S/C19H19N5O4S/c1-12-3-5-15(26-2)14(9-12)24-19(21-22-23-24)29-11-18(25)20-13-4-6-16-17(10-13)28-8-7-27-16/h3-6,9-10H,7-8,11H2,1-2H3,(H,20,25). The number of fused-ring (bicyclic) bond motifs is 1. The molecule has 0 saturated carbocycles. The Labute approximate surface area is 171 Å². The van der Waals surface area contributed by atoms with E-state index in [1.165, 1.54) is 11.8 Å². The van der Waals surface area contributed by atoms with Crippen LogP contribution < -0.4 is 19.5 Å². The van der Waals surface area contributed by atoms with E-state index in [2.05, 4.69) is 20.8 Å². The second-order valence-corrected chi connectivity index (χ2v) is 7.19. The molecule has 150 valence electrons. The molecule has 0 saturated heterocycles. The molecule has 4 rings (SSSR count). The second kappa shape index (κ2) is 8.39. The third-order valence-electron chi connectivity index (χ3n) is 4.16. The zero-order valence-electron chi connectivity index (χ0n) is 15.9. The molecule has 0 aliphatic carbocycles. The number of nitrogens with zero attached hydrogens (tertiary/aromatic N) is 4. The van der Waals surface area contributed by atoms with Crippen molar-refractivity contribution in [2.75, 3.05) is 31.4 Å². The summed E-state index contributed by atoms with van der Waals surface area (Å²) in [4.78, 5) is 12.4. The van der Waals surface area contributed by atoms with Gasteiger partial charge in [-0.2, -0.15) is 4.68 Å². The van der Waals surface area contributed by atoms with E-state index in [4.69, 9.17) is 14.2 Å². The van der Waals surface area contributed by atoms with Gasteiger partial charge in [-0.15, -0.1) is 5.10 Å². The van der Waals surface area contributed by atoms with Gasteiger partial charge >= 0.3 is 0 Å². The Morgan fingerprint density at radius 3 is 2.86 bits per heavy atom. The van der Waals surface area contributed by atoms with Crippen LogP contribution in [0.5, 0.6) is 17.2 Å². The number of benzene rings is 2. The lowest BCUT2D eigenvalue weighted by atomic mass is 10.2. The number of hydrogen-bond acceptors (Lipinski definition) is 8. The molecule has 1 amide bonds. The number of carbonyl (C=O) groups is 1. The van der Waals surface area contributed by atoms with Crippen LogP contribution >= 0.6 is 11.8 Å². The molecule has 2 heterocycles. The normalized spacial score (nSPS) is 12.5. The third kappa shape index (κ3) is 4.27. The summed E-state index contributed by atoms with van der Waals surface area (Å²) in [6.07, 6.45) is 0. The summed E-state index contributed by atoms with van der Waals surface area (Å²) >= 11 is 1.23. The largest absolute Gasteiger partial charge is 0.494 e. The quantitative estimate of drug-likeness (QED) is 0.615. The molecule has 1 aliphatic heterocycles. The first-order valence-corrected chi connectivity index (χ1v) is 9.88. The van der Waals surface area contributed by atoms with Crippen molar-refractivity contribution in [2.24, 2.45) is 0 Å². The number of anilines is 1. The van der Waals surface area contributed by atoms with Crippen LogP contribution in [0.2, 0.25) is 0 Å². The number of ether oxygens (including phenoxy) is 3. The number of thioether (sulfide) groups is 1. The summed E-state index contributed by atoms with van der Waals surface area (Å²) in [6, 6.07) is 11.0. The van der Waals surface area contributed by atoms with E-state index < -0.39 is 0 Å². The molecule has 2 aromatic carbocycles. The van der Waals surface area contributed by atoms with Gasteiger partial charge in [0.2, 0.25) is 11.1 Å². The van der Waals surface area contributed by atoms with Crippen LogP contribution in [0.1, 0.15) is 5.56 Å². The molecular weight excluding hydrogens is 394 g/mol. The van der Waals surface area contributed by atoms with E-state index in [0.717, 1.165) is 5.56 Å². The maximum absolute atomic E-state index is 12.4. The Balaban J connectivity index is 1.43. The van der Waals surface area contributed by atoms with Gasteiger partial charge in [-0.3, -0.25) is 4.79 Å². The maximum Gasteiger partial charge on any atom is 0.234 e. The monoisotopic (exact) mass is 413 g/mol. The molecule has 3 aromatic rings. The smallest absolute Gasteiger partial charge is 0.234 e. The number of aryl methyl sites for hydroxylation is 1. The van der Waals surface area contributed by atoms with Gasteiger partial charge in [0.1, 0.15) is 24.7 Å². The van der Waals surface area contributed by atoms with Gasteiger partial charge in [-0.1, -0.05) is 17.8 Å². The van der Waals surface area contributed by atoms with E-state index in [1.54, 1.807) is 30.0 Å². The van der Waals surface area contributed by atoms with Crippen LogP contribution in [0.15, 0.2) is 41.6 Å². The van der Waals surface area contributed by atoms with Crippen molar-refractivity contribution in [3.63, 3.8) is 0 Å². The van der Waals surface area contributed by atoms with Crippen molar-refractivity contribution in [3.8, 4) is 22.9 Å². The average Bonchev–Trinajstić information content (AvgIpc) is 3.20. The molecule has 9 nitrogen and oxygen atoms in total. The number of rotatable bonds is 6. The molecule has 0 radical (unpaired) electrons. The Hall–Kier alpha value is -3.27. The fourth-order valence-electron chi connectivity index (χ4n) is 2.83. The van der Waals surface area contributed by atoms with E-state index in [1.807, 2.05) is 25.1 Å². The van der Waals surface area contributed by atoms with Crippen LogP contribution in [0.3, 0.4) is 0 Å². The van der Waals surface area contributed by atoms with Crippen LogP contribution in [-0.2, 0) is 4.79 Å². The molecule has 1 aromatic heterocycles. The zero-order chi connectivity index (χ0) is 20.2. The fourth-order valence-corrected chi connectivity index (χ4v) is 3.52. The number of nitrogens with one attached hydrogen (secondary N) is 1. The number of tetrazole rings is 1. The molecular formula is C19H19N5O4S. The highest BCUT2D eigenvalue weighted by Crippen LogP contribution is 2.33. The zero-order valence-corrected chi connectivity index (χ0v) is 16.7. The predicted octanol–water partition coefficient (Wildman–Crippen LogP) is 2.48. The minimum absolute atomic E-state index is 0.142. The van der Waals surface area contributed by atoms with Crippen LogP contribution in [0.4, 0.5) is 5.69 Å². The molecule has 0 fully saturated rings. The van der Waals surface area contributed by atoms with Gasteiger partial charge in [-0.25, -0.2) is 0 Å². The first-order valence-electron chi connectivity index (χ1n) is 8.90. The van der Waals surface area contributed by atoms with Crippen LogP contribution in [0.25, 0.3) is 5.69 Å². The first kappa shape index (κ1) is 19.1.